The molecule has 8 heteroatoms. The number of anilines is 5. The number of rotatable bonds is 5. The van der Waals surface area contributed by atoms with Gasteiger partial charge >= 0.3 is 0 Å². The lowest BCUT2D eigenvalue weighted by molar-refractivity contribution is 0.415. The molecule has 0 saturated carbocycles. The Bertz CT molecular complexity index is 840. The largest absolute Gasteiger partial charge is 0.497 e. The summed E-state index contributed by atoms with van der Waals surface area (Å²) < 4.78 is 5.13. The van der Waals surface area contributed by atoms with Gasteiger partial charge in [0, 0.05) is 11.9 Å². The maximum absolute atomic E-state index is 6.15. The molecule has 3 aromatic rings. The summed E-state index contributed by atoms with van der Waals surface area (Å²) in [4.78, 5) is 12.3. The molecule has 0 spiro atoms. The van der Waals surface area contributed by atoms with Crippen molar-refractivity contribution >= 4 is 40.3 Å². The van der Waals surface area contributed by atoms with Gasteiger partial charge in [0.05, 0.1) is 12.8 Å². The zero-order valence-corrected chi connectivity index (χ0v) is 13.6. The lowest BCUT2D eigenvalue weighted by Gasteiger charge is -2.13. The average Bonchev–Trinajstić information content (AvgIpc) is 2.61. The molecule has 1 aromatic carbocycles. The van der Waals surface area contributed by atoms with Crippen LogP contribution >= 0.6 is 11.6 Å². The van der Waals surface area contributed by atoms with Crippen molar-refractivity contribution in [2.24, 2.45) is 0 Å². The van der Waals surface area contributed by atoms with Crippen LogP contribution in [0.15, 0.2) is 48.9 Å². The van der Waals surface area contributed by atoms with E-state index in [1.807, 2.05) is 24.3 Å². The number of hydrogen-bond donors (Lipinski definition) is 3. The van der Waals surface area contributed by atoms with E-state index >= 15 is 0 Å². The van der Waals surface area contributed by atoms with Gasteiger partial charge < -0.3 is 21.1 Å². The first-order chi connectivity index (χ1) is 11.7. The summed E-state index contributed by atoms with van der Waals surface area (Å²) in [6, 6.07) is 11.0. The molecule has 3 rings (SSSR count). The molecule has 0 aliphatic heterocycles. The number of benzene rings is 1. The van der Waals surface area contributed by atoms with Gasteiger partial charge in [0.1, 0.15) is 17.8 Å². The van der Waals surface area contributed by atoms with E-state index < -0.39 is 0 Å². The Morgan fingerprint density at radius 2 is 1.71 bits per heavy atom. The van der Waals surface area contributed by atoms with Crippen molar-refractivity contribution in [2.75, 3.05) is 23.5 Å². The smallest absolute Gasteiger partial charge is 0.159 e. The van der Waals surface area contributed by atoms with E-state index in [0.717, 1.165) is 11.4 Å². The van der Waals surface area contributed by atoms with Gasteiger partial charge in [-0.3, -0.25) is 0 Å². The zero-order chi connectivity index (χ0) is 16.9. The summed E-state index contributed by atoms with van der Waals surface area (Å²) in [6.45, 7) is 0. The van der Waals surface area contributed by atoms with E-state index in [1.54, 1.807) is 25.4 Å². The minimum absolute atomic E-state index is 0.333. The van der Waals surface area contributed by atoms with Crippen molar-refractivity contribution < 1.29 is 4.74 Å². The molecular formula is C16H15ClN6O. The molecule has 0 fully saturated rings. The summed E-state index contributed by atoms with van der Waals surface area (Å²) in [5.74, 6) is 1.69. The van der Waals surface area contributed by atoms with Gasteiger partial charge in [0.2, 0.25) is 0 Å². The van der Waals surface area contributed by atoms with Crippen LogP contribution in [0.1, 0.15) is 0 Å². The Morgan fingerprint density at radius 1 is 1.00 bits per heavy atom. The van der Waals surface area contributed by atoms with Crippen molar-refractivity contribution in [1.29, 1.82) is 0 Å². The number of nitrogen functional groups attached to an aromatic ring is 1. The van der Waals surface area contributed by atoms with Gasteiger partial charge in [-0.25, -0.2) is 15.0 Å². The number of nitrogens with one attached hydrogen (secondary N) is 2. The highest BCUT2D eigenvalue weighted by molar-refractivity contribution is 6.32. The Labute approximate surface area is 143 Å². The first-order valence-corrected chi connectivity index (χ1v) is 7.44. The van der Waals surface area contributed by atoms with Crippen molar-refractivity contribution in [2.45, 2.75) is 0 Å². The first-order valence-electron chi connectivity index (χ1n) is 7.06. The van der Waals surface area contributed by atoms with E-state index in [4.69, 9.17) is 22.1 Å². The van der Waals surface area contributed by atoms with Crippen LogP contribution in [-0.4, -0.2) is 22.1 Å². The fourth-order valence-electron chi connectivity index (χ4n) is 2.01. The molecule has 0 atom stereocenters. The second kappa shape index (κ2) is 7.01. The van der Waals surface area contributed by atoms with Crippen molar-refractivity contribution in [3.8, 4) is 5.75 Å². The molecule has 0 saturated heterocycles. The van der Waals surface area contributed by atoms with Crippen LogP contribution in [0.3, 0.4) is 0 Å². The quantitative estimate of drug-likeness (QED) is 0.609. The number of halogens is 1. The third kappa shape index (κ3) is 3.47. The number of pyridine rings is 1. The second-order valence-electron chi connectivity index (χ2n) is 4.80. The van der Waals surface area contributed by atoms with Crippen LogP contribution in [0.4, 0.5) is 28.7 Å². The lowest BCUT2D eigenvalue weighted by atomic mass is 10.3. The van der Waals surface area contributed by atoms with E-state index in [2.05, 4.69) is 25.6 Å². The van der Waals surface area contributed by atoms with Crippen LogP contribution < -0.4 is 21.1 Å². The van der Waals surface area contributed by atoms with E-state index in [-0.39, 0.29) is 0 Å². The minimum Gasteiger partial charge on any atom is -0.497 e. The van der Waals surface area contributed by atoms with Gasteiger partial charge in [-0.1, -0.05) is 11.6 Å². The highest BCUT2D eigenvalue weighted by Crippen LogP contribution is 2.30. The molecule has 2 aromatic heterocycles. The van der Waals surface area contributed by atoms with Gasteiger partial charge in [0.25, 0.3) is 0 Å². The number of nitrogens with two attached hydrogens (primary N) is 1. The summed E-state index contributed by atoms with van der Waals surface area (Å²) in [6.07, 6.45) is 3.02. The SMILES string of the molecule is COc1ccc(Nc2ncnc(Nc3cccnc3Cl)c2N)cc1. The molecular weight excluding hydrogens is 328 g/mol. The number of hydrogen-bond acceptors (Lipinski definition) is 7. The van der Waals surface area contributed by atoms with Gasteiger partial charge in [0.15, 0.2) is 16.8 Å². The molecule has 2 heterocycles. The summed E-state index contributed by atoms with van der Waals surface area (Å²) in [7, 11) is 1.62. The van der Waals surface area contributed by atoms with Crippen molar-refractivity contribution in [1.82, 2.24) is 15.0 Å². The first kappa shape index (κ1) is 15.8. The summed E-state index contributed by atoms with van der Waals surface area (Å²) >= 11 is 6.04. The number of ether oxygens (including phenoxy) is 1. The maximum Gasteiger partial charge on any atom is 0.159 e. The topological polar surface area (TPSA) is 98.0 Å². The van der Waals surface area contributed by atoms with E-state index in [9.17, 15) is 0 Å². The fourth-order valence-corrected chi connectivity index (χ4v) is 2.18. The fraction of sp³-hybridized carbons (Fsp3) is 0.0625. The van der Waals surface area contributed by atoms with Crippen LogP contribution in [0, 0.1) is 0 Å². The molecule has 24 heavy (non-hydrogen) atoms. The standard InChI is InChI=1S/C16H15ClN6O/c1-24-11-6-4-10(5-7-11)22-15-13(18)16(21-9-20-15)23-12-3-2-8-19-14(12)17/h2-9H,18H2,1H3,(H2,20,21,22,23). The maximum atomic E-state index is 6.15. The average molecular weight is 343 g/mol. The molecule has 0 bridgehead atoms. The highest BCUT2D eigenvalue weighted by atomic mass is 35.5. The van der Waals surface area contributed by atoms with Crippen LogP contribution in [0.2, 0.25) is 5.15 Å². The van der Waals surface area contributed by atoms with Gasteiger partial charge in [-0.05, 0) is 36.4 Å². The van der Waals surface area contributed by atoms with E-state index in [0.29, 0.717) is 28.2 Å². The summed E-state index contributed by atoms with van der Waals surface area (Å²) in [5, 5.41) is 6.53. The second-order valence-corrected chi connectivity index (χ2v) is 5.16. The molecule has 0 aliphatic rings. The van der Waals surface area contributed by atoms with Gasteiger partial charge in [-0.15, -0.1) is 0 Å². The Balaban J connectivity index is 1.83. The Hall–Kier alpha value is -3.06. The van der Waals surface area contributed by atoms with Crippen LogP contribution in [0.5, 0.6) is 5.75 Å². The third-order valence-electron chi connectivity index (χ3n) is 3.25. The molecule has 0 unspecified atom stereocenters. The Kier molecular flexibility index (Phi) is 4.62. The van der Waals surface area contributed by atoms with Crippen molar-refractivity contribution in [3.63, 3.8) is 0 Å². The number of aromatic nitrogens is 3. The molecule has 122 valence electrons. The predicted molar refractivity (Wildman–Crippen MR) is 95.3 cm³/mol. The monoisotopic (exact) mass is 342 g/mol. The minimum atomic E-state index is 0.333. The molecule has 7 nitrogen and oxygen atoms in total. The highest BCUT2D eigenvalue weighted by Gasteiger charge is 2.10. The lowest BCUT2D eigenvalue weighted by Crippen LogP contribution is -2.05. The molecule has 0 aliphatic carbocycles. The Morgan fingerprint density at radius 3 is 2.38 bits per heavy atom. The van der Waals surface area contributed by atoms with Gasteiger partial charge in [-0.2, -0.15) is 0 Å². The zero-order valence-electron chi connectivity index (χ0n) is 12.8. The van der Waals surface area contributed by atoms with E-state index in [1.165, 1.54) is 6.33 Å². The van der Waals surface area contributed by atoms with Crippen LogP contribution in [0.25, 0.3) is 0 Å². The normalized spacial score (nSPS) is 10.2. The predicted octanol–water partition coefficient (Wildman–Crippen LogP) is 3.60. The van der Waals surface area contributed by atoms with Crippen molar-refractivity contribution in [3.05, 3.63) is 54.1 Å². The summed E-state index contributed by atoms with van der Waals surface area (Å²) in [5.41, 5.74) is 7.95. The van der Waals surface area contributed by atoms with Crippen LogP contribution in [-0.2, 0) is 0 Å². The molecule has 4 N–H and O–H groups in total. The molecule has 0 amide bonds. The molecule has 0 radical (unpaired) electrons. The third-order valence-corrected chi connectivity index (χ3v) is 3.55. The number of nitrogens with zero attached hydrogens (tertiary/aromatic N) is 3. The number of methoxy groups -OCH3 is 1.